The lowest BCUT2D eigenvalue weighted by molar-refractivity contribution is 0.350. The van der Waals surface area contributed by atoms with E-state index in [4.69, 9.17) is 10.5 Å². The van der Waals surface area contributed by atoms with Gasteiger partial charge in [-0.05, 0) is 24.4 Å². The van der Waals surface area contributed by atoms with Crippen molar-refractivity contribution in [1.82, 2.24) is 0 Å². The van der Waals surface area contributed by atoms with Crippen molar-refractivity contribution in [1.29, 1.82) is 0 Å². The average molecular weight is 211 g/mol. The predicted molar refractivity (Wildman–Crippen MR) is 57.4 cm³/mol. The summed E-state index contributed by atoms with van der Waals surface area (Å²) >= 11 is 1.38. The maximum absolute atomic E-state index is 13.1. The first-order valence-corrected chi connectivity index (χ1v) is 5.14. The van der Waals surface area contributed by atoms with E-state index >= 15 is 0 Å². The van der Waals surface area contributed by atoms with Gasteiger partial charge in [0.15, 0.2) is 5.06 Å². The van der Waals surface area contributed by atoms with Crippen LogP contribution < -0.4 is 10.5 Å². The molecule has 1 aromatic heterocycles. The lowest BCUT2D eigenvalue weighted by Crippen LogP contribution is -1.88. The van der Waals surface area contributed by atoms with Crippen LogP contribution in [0.5, 0.6) is 5.06 Å². The number of rotatable bonds is 2. The van der Waals surface area contributed by atoms with Crippen molar-refractivity contribution in [3.8, 4) is 5.06 Å². The fourth-order valence-electron chi connectivity index (χ4n) is 1.29. The average Bonchev–Trinajstić information content (AvgIpc) is 2.56. The van der Waals surface area contributed by atoms with Gasteiger partial charge in [0.1, 0.15) is 5.82 Å². The molecule has 0 saturated carbocycles. The highest BCUT2D eigenvalue weighted by Crippen LogP contribution is 2.36. The molecule has 1 aromatic carbocycles. The van der Waals surface area contributed by atoms with Gasteiger partial charge in [0, 0.05) is 0 Å². The molecule has 0 atom stereocenters. The standard InChI is InChI=1S/C10H10FNOS/c1-2-13-8-5-6-3-4-7(11)9(12)10(6)14-8/h3-5H,2,12H2,1H3. The molecule has 14 heavy (non-hydrogen) atoms. The summed E-state index contributed by atoms with van der Waals surface area (Å²) in [6, 6.07) is 4.96. The molecule has 2 rings (SSSR count). The minimum atomic E-state index is -0.373. The normalized spacial score (nSPS) is 10.7. The van der Waals surface area contributed by atoms with Gasteiger partial charge in [-0.1, -0.05) is 17.4 Å². The van der Waals surface area contributed by atoms with Gasteiger partial charge in [-0.2, -0.15) is 0 Å². The molecule has 0 saturated heterocycles. The second-order valence-corrected chi connectivity index (χ2v) is 3.89. The van der Waals surface area contributed by atoms with Crippen molar-refractivity contribution in [3.05, 3.63) is 24.0 Å². The zero-order valence-corrected chi connectivity index (χ0v) is 8.53. The predicted octanol–water partition coefficient (Wildman–Crippen LogP) is 3.02. The van der Waals surface area contributed by atoms with Crippen molar-refractivity contribution >= 4 is 27.1 Å². The van der Waals surface area contributed by atoms with Crippen LogP contribution in [-0.2, 0) is 0 Å². The van der Waals surface area contributed by atoms with Gasteiger partial charge in [-0.25, -0.2) is 4.39 Å². The molecule has 1 heterocycles. The highest BCUT2D eigenvalue weighted by molar-refractivity contribution is 7.21. The van der Waals surface area contributed by atoms with Gasteiger partial charge in [-0.3, -0.25) is 0 Å². The van der Waals surface area contributed by atoms with Crippen LogP contribution in [0.1, 0.15) is 6.92 Å². The first kappa shape index (κ1) is 9.27. The molecule has 0 aliphatic carbocycles. The molecule has 0 unspecified atom stereocenters. The maximum Gasteiger partial charge on any atom is 0.174 e. The summed E-state index contributed by atoms with van der Waals surface area (Å²) in [6.07, 6.45) is 0. The number of ether oxygens (including phenoxy) is 1. The number of nitrogen functional groups attached to an aromatic ring is 1. The number of benzene rings is 1. The van der Waals surface area contributed by atoms with Crippen molar-refractivity contribution in [2.45, 2.75) is 6.92 Å². The highest BCUT2D eigenvalue weighted by Gasteiger charge is 2.08. The fraction of sp³-hybridized carbons (Fsp3) is 0.200. The lowest BCUT2D eigenvalue weighted by Gasteiger charge is -1.96. The van der Waals surface area contributed by atoms with Crippen LogP contribution in [0.2, 0.25) is 0 Å². The topological polar surface area (TPSA) is 35.2 Å². The summed E-state index contributed by atoms with van der Waals surface area (Å²) in [6.45, 7) is 2.52. The molecule has 74 valence electrons. The Morgan fingerprint density at radius 2 is 2.29 bits per heavy atom. The number of anilines is 1. The van der Waals surface area contributed by atoms with E-state index in [0.717, 1.165) is 15.1 Å². The minimum Gasteiger partial charge on any atom is -0.484 e. The molecule has 0 bridgehead atoms. The van der Waals surface area contributed by atoms with Gasteiger partial charge in [0.2, 0.25) is 0 Å². The van der Waals surface area contributed by atoms with Crippen molar-refractivity contribution in [2.75, 3.05) is 12.3 Å². The Labute approximate surface area is 85.1 Å². The third-order valence-corrected chi connectivity index (χ3v) is 3.03. The second kappa shape index (κ2) is 3.46. The van der Waals surface area contributed by atoms with Crippen molar-refractivity contribution in [2.24, 2.45) is 0 Å². The fourth-order valence-corrected chi connectivity index (χ4v) is 2.31. The number of hydrogen-bond acceptors (Lipinski definition) is 3. The highest BCUT2D eigenvalue weighted by atomic mass is 32.1. The quantitative estimate of drug-likeness (QED) is 0.775. The van der Waals surface area contributed by atoms with Crippen LogP contribution in [0, 0.1) is 5.82 Å². The molecule has 0 fully saturated rings. The van der Waals surface area contributed by atoms with Crippen LogP contribution in [0.4, 0.5) is 10.1 Å². The van der Waals surface area contributed by atoms with Crippen LogP contribution in [0.3, 0.4) is 0 Å². The summed E-state index contributed by atoms with van der Waals surface area (Å²) < 4.78 is 19.2. The molecule has 0 radical (unpaired) electrons. The molecule has 0 spiro atoms. The lowest BCUT2D eigenvalue weighted by atomic mass is 10.2. The van der Waals surface area contributed by atoms with E-state index in [0.29, 0.717) is 6.61 Å². The monoisotopic (exact) mass is 211 g/mol. The number of halogens is 1. The van der Waals surface area contributed by atoms with Gasteiger partial charge in [-0.15, -0.1) is 0 Å². The Morgan fingerprint density at radius 3 is 3.00 bits per heavy atom. The van der Waals surface area contributed by atoms with Gasteiger partial charge in [0.05, 0.1) is 17.0 Å². The summed E-state index contributed by atoms with van der Waals surface area (Å²) in [4.78, 5) is 0. The summed E-state index contributed by atoms with van der Waals surface area (Å²) in [5.41, 5.74) is 5.81. The van der Waals surface area contributed by atoms with E-state index in [2.05, 4.69) is 0 Å². The van der Waals surface area contributed by atoms with Gasteiger partial charge in [0.25, 0.3) is 0 Å². The zero-order chi connectivity index (χ0) is 10.1. The Kier molecular flexibility index (Phi) is 2.29. The molecule has 0 aliphatic heterocycles. The molecular weight excluding hydrogens is 201 g/mol. The van der Waals surface area contributed by atoms with E-state index in [1.165, 1.54) is 17.4 Å². The molecule has 2 N–H and O–H groups in total. The molecule has 2 aromatic rings. The van der Waals surface area contributed by atoms with Crippen LogP contribution in [0.15, 0.2) is 18.2 Å². The van der Waals surface area contributed by atoms with Crippen LogP contribution >= 0.6 is 11.3 Å². The molecule has 0 aliphatic rings. The Morgan fingerprint density at radius 1 is 1.50 bits per heavy atom. The van der Waals surface area contributed by atoms with E-state index < -0.39 is 0 Å². The minimum absolute atomic E-state index is 0.207. The second-order valence-electron chi connectivity index (χ2n) is 2.88. The van der Waals surface area contributed by atoms with Crippen LogP contribution in [0.25, 0.3) is 10.1 Å². The summed E-state index contributed by atoms with van der Waals surface area (Å²) in [5.74, 6) is -0.373. The SMILES string of the molecule is CCOc1cc2ccc(F)c(N)c2s1. The van der Waals surface area contributed by atoms with Gasteiger partial charge < -0.3 is 10.5 Å². The van der Waals surface area contributed by atoms with E-state index in [1.807, 2.05) is 13.0 Å². The van der Waals surface area contributed by atoms with Crippen molar-refractivity contribution < 1.29 is 9.13 Å². The Hall–Kier alpha value is -1.29. The third-order valence-electron chi connectivity index (χ3n) is 1.94. The first-order chi connectivity index (χ1) is 6.72. The maximum atomic E-state index is 13.1. The van der Waals surface area contributed by atoms with E-state index in [9.17, 15) is 4.39 Å². The Bertz CT molecular complexity index is 466. The Balaban J connectivity index is 2.59. The molecule has 2 nitrogen and oxygen atoms in total. The summed E-state index contributed by atoms with van der Waals surface area (Å²) in [5, 5.41) is 1.71. The largest absolute Gasteiger partial charge is 0.484 e. The number of fused-ring (bicyclic) bond motifs is 1. The van der Waals surface area contributed by atoms with E-state index in [1.54, 1.807) is 6.07 Å². The molecule has 0 amide bonds. The van der Waals surface area contributed by atoms with Crippen molar-refractivity contribution in [3.63, 3.8) is 0 Å². The van der Waals surface area contributed by atoms with Crippen LogP contribution in [-0.4, -0.2) is 6.61 Å². The molecular formula is C10H10FNOS. The number of nitrogens with two attached hydrogens (primary N) is 1. The first-order valence-electron chi connectivity index (χ1n) is 4.32. The van der Waals surface area contributed by atoms with E-state index in [-0.39, 0.29) is 11.5 Å². The zero-order valence-electron chi connectivity index (χ0n) is 7.71. The number of hydrogen-bond donors (Lipinski definition) is 1. The third kappa shape index (κ3) is 1.42. The summed E-state index contributed by atoms with van der Waals surface area (Å²) in [7, 11) is 0. The van der Waals surface area contributed by atoms with Gasteiger partial charge >= 0.3 is 0 Å². The molecule has 4 heteroatoms. The number of thiophene rings is 1. The smallest absolute Gasteiger partial charge is 0.174 e.